The first kappa shape index (κ1) is 33.6. The van der Waals surface area contributed by atoms with Gasteiger partial charge in [-0.3, -0.25) is 0 Å². The Morgan fingerprint density at radius 3 is 1.51 bits per heavy atom. The van der Waals surface area contributed by atoms with Crippen LogP contribution in [0.3, 0.4) is 0 Å². The Hall–Kier alpha value is -1.57. The van der Waals surface area contributed by atoms with Gasteiger partial charge in [0.1, 0.15) is 0 Å². The maximum atomic E-state index is 4.42. The van der Waals surface area contributed by atoms with E-state index in [1.165, 1.54) is 160 Å². The van der Waals surface area contributed by atoms with E-state index in [0.717, 1.165) is 0 Å². The van der Waals surface area contributed by atoms with Crippen LogP contribution in [0.1, 0.15) is 173 Å². The molecule has 1 aromatic heterocycles. The first-order chi connectivity index (χ1) is 19.3. The Morgan fingerprint density at radius 2 is 1.03 bits per heavy atom. The molecular formula is C37H64N2. The summed E-state index contributed by atoms with van der Waals surface area (Å²) in [5.74, 6) is 0.694. The van der Waals surface area contributed by atoms with Gasteiger partial charge in [-0.2, -0.15) is 0 Å². The van der Waals surface area contributed by atoms with Crippen molar-refractivity contribution in [2.45, 2.75) is 174 Å². The van der Waals surface area contributed by atoms with Crippen LogP contribution in [0, 0.1) is 5.92 Å². The molecule has 0 bridgehead atoms. The SMILES string of the molecule is CCCCCCCCCCCCCCCCCCCC(Cc1ccccc1)C(CCCCCC)n1ccnc1. The lowest BCUT2D eigenvalue weighted by molar-refractivity contribution is 0.275. The van der Waals surface area contributed by atoms with Crippen molar-refractivity contribution in [3.63, 3.8) is 0 Å². The van der Waals surface area contributed by atoms with Crippen LogP contribution in [0.15, 0.2) is 49.1 Å². The highest BCUT2D eigenvalue weighted by Gasteiger charge is 2.23. The van der Waals surface area contributed by atoms with E-state index >= 15 is 0 Å². The van der Waals surface area contributed by atoms with Crippen molar-refractivity contribution in [1.29, 1.82) is 0 Å². The molecule has 222 valence electrons. The maximum Gasteiger partial charge on any atom is 0.0948 e. The number of nitrogens with zero attached hydrogens (tertiary/aromatic N) is 2. The molecule has 0 aliphatic heterocycles. The van der Waals surface area contributed by atoms with E-state index in [-0.39, 0.29) is 0 Å². The number of rotatable bonds is 27. The minimum atomic E-state index is 0.575. The third kappa shape index (κ3) is 17.0. The van der Waals surface area contributed by atoms with Crippen LogP contribution in [0.4, 0.5) is 0 Å². The van der Waals surface area contributed by atoms with Gasteiger partial charge < -0.3 is 4.57 Å². The standard InChI is InChI=1S/C37H64N2/c1-3-5-7-9-10-11-12-13-14-15-16-17-18-19-20-21-25-29-36(33-35-27-23-22-24-28-35)37(30-26-8-6-4-2)39-32-31-38-34-39/h22-24,27-28,31-32,34,36-37H,3-21,25-26,29-30,33H2,1-2H3. The van der Waals surface area contributed by atoms with Crippen LogP contribution in [-0.2, 0) is 6.42 Å². The van der Waals surface area contributed by atoms with E-state index in [4.69, 9.17) is 0 Å². The van der Waals surface area contributed by atoms with Gasteiger partial charge in [0.25, 0.3) is 0 Å². The highest BCUT2D eigenvalue weighted by atomic mass is 15.1. The Labute approximate surface area is 243 Å². The molecule has 0 fully saturated rings. The molecule has 2 heteroatoms. The van der Waals surface area contributed by atoms with Crippen molar-refractivity contribution in [3.05, 3.63) is 54.6 Å². The fraction of sp³-hybridized carbons (Fsp3) is 0.757. The number of imidazole rings is 1. The first-order valence-corrected chi connectivity index (χ1v) is 17.4. The van der Waals surface area contributed by atoms with E-state index in [1.807, 2.05) is 6.20 Å². The molecule has 39 heavy (non-hydrogen) atoms. The number of aromatic nitrogens is 2. The predicted molar refractivity (Wildman–Crippen MR) is 172 cm³/mol. The van der Waals surface area contributed by atoms with E-state index in [0.29, 0.717) is 12.0 Å². The highest BCUT2D eigenvalue weighted by molar-refractivity contribution is 5.15. The first-order valence-electron chi connectivity index (χ1n) is 17.4. The smallest absolute Gasteiger partial charge is 0.0948 e. The van der Waals surface area contributed by atoms with Crippen LogP contribution in [0.2, 0.25) is 0 Å². The number of hydrogen-bond acceptors (Lipinski definition) is 1. The Morgan fingerprint density at radius 1 is 0.564 bits per heavy atom. The van der Waals surface area contributed by atoms with Crippen molar-refractivity contribution in [2.75, 3.05) is 0 Å². The molecule has 2 aromatic rings. The molecule has 0 amide bonds. The molecule has 2 nitrogen and oxygen atoms in total. The lowest BCUT2D eigenvalue weighted by Gasteiger charge is -2.29. The minimum absolute atomic E-state index is 0.575. The highest BCUT2D eigenvalue weighted by Crippen LogP contribution is 2.32. The second-order valence-corrected chi connectivity index (χ2v) is 12.3. The summed E-state index contributed by atoms with van der Waals surface area (Å²) in [6, 6.07) is 11.8. The van der Waals surface area contributed by atoms with Gasteiger partial charge in [-0.1, -0.05) is 179 Å². The topological polar surface area (TPSA) is 17.8 Å². The fourth-order valence-corrected chi connectivity index (χ4v) is 6.35. The Bertz CT molecular complexity index is 738. The second kappa shape index (κ2) is 24.2. The summed E-state index contributed by atoms with van der Waals surface area (Å²) in [4.78, 5) is 4.42. The van der Waals surface area contributed by atoms with Crippen LogP contribution in [0.5, 0.6) is 0 Å². The third-order valence-corrected chi connectivity index (χ3v) is 8.82. The minimum Gasteiger partial charge on any atom is -0.334 e. The predicted octanol–water partition coefficient (Wildman–Crippen LogP) is 12.3. The van der Waals surface area contributed by atoms with Crippen molar-refractivity contribution < 1.29 is 0 Å². The molecule has 0 spiro atoms. The van der Waals surface area contributed by atoms with Crippen LogP contribution in [0.25, 0.3) is 0 Å². The Kier molecular flexibility index (Phi) is 20.9. The van der Waals surface area contributed by atoms with Gasteiger partial charge in [-0.05, 0) is 30.7 Å². The van der Waals surface area contributed by atoms with E-state index in [1.54, 1.807) is 0 Å². The molecule has 0 radical (unpaired) electrons. The van der Waals surface area contributed by atoms with Gasteiger partial charge >= 0.3 is 0 Å². The quantitative estimate of drug-likeness (QED) is 0.104. The number of unbranched alkanes of at least 4 members (excludes halogenated alkanes) is 19. The molecule has 1 heterocycles. The zero-order valence-electron chi connectivity index (χ0n) is 26.1. The van der Waals surface area contributed by atoms with Gasteiger partial charge in [-0.15, -0.1) is 0 Å². The molecule has 0 aliphatic rings. The molecule has 2 atom stereocenters. The molecule has 2 rings (SSSR count). The summed E-state index contributed by atoms with van der Waals surface area (Å²) >= 11 is 0. The van der Waals surface area contributed by atoms with Gasteiger partial charge in [-0.25, -0.2) is 4.98 Å². The van der Waals surface area contributed by atoms with Gasteiger partial charge in [0.2, 0.25) is 0 Å². The van der Waals surface area contributed by atoms with Crippen molar-refractivity contribution >= 4 is 0 Å². The average Bonchev–Trinajstić information content (AvgIpc) is 3.49. The zero-order valence-corrected chi connectivity index (χ0v) is 26.1. The molecule has 0 aliphatic carbocycles. The largest absolute Gasteiger partial charge is 0.334 e. The maximum absolute atomic E-state index is 4.42. The van der Waals surface area contributed by atoms with Gasteiger partial charge in [0, 0.05) is 18.4 Å². The summed E-state index contributed by atoms with van der Waals surface area (Å²) in [5, 5.41) is 0. The van der Waals surface area contributed by atoms with E-state index in [2.05, 4.69) is 66.3 Å². The summed E-state index contributed by atoms with van der Waals surface area (Å²) in [6.45, 7) is 4.61. The molecule has 1 aromatic carbocycles. The Balaban J connectivity index is 1.61. The lowest BCUT2D eigenvalue weighted by atomic mass is 9.84. The fourth-order valence-electron chi connectivity index (χ4n) is 6.35. The summed E-state index contributed by atoms with van der Waals surface area (Å²) in [6.07, 6.45) is 39.9. The summed E-state index contributed by atoms with van der Waals surface area (Å²) in [5.41, 5.74) is 1.49. The van der Waals surface area contributed by atoms with Crippen molar-refractivity contribution in [1.82, 2.24) is 9.55 Å². The molecule has 0 saturated carbocycles. The number of benzene rings is 1. The van der Waals surface area contributed by atoms with E-state index < -0.39 is 0 Å². The molecule has 0 N–H and O–H groups in total. The van der Waals surface area contributed by atoms with Gasteiger partial charge in [0.15, 0.2) is 0 Å². The number of hydrogen-bond donors (Lipinski definition) is 0. The van der Waals surface area contributed by atoms with Crippen LogP contribution < -0.4 is 0 Å². The molecule has 2 unspecified atom stereocenters. The second-order valence-electron chi connectivity index (χ2n) is 12.3. The average molecular weight is 537 g/mol. The van der Waals surface area contributed by atoms with Crippen LogP contribution >= 0.6 is 0 Å². The zero-order chi connectivity index (χ0) is 27.6. The lowest BCUT2D eigenvalue weighted by Crippen LogP contribution is -2.21. The van der Waals surface area contributed by atoms with Crippen molar-refractivity contribution in [2.24, 2.45) is 5.92 Å². The third-order valence-electron chi connectivity index (χ3n) is 8.82. The van der Waals surface area contributed by atoms with Crippen LogP contribution in [-0.4, -0.2) is 9.55 Å². The molecule has 0 saturated heterocycles. The summed E-state index contributed by atoms with van der Waals surface area (Å²) in [7, 11) is 0. The normalized spacial score (nSPS) is 13.1. The molecular weight excluding hydrogens is 472 g/mol. The monoisotopic (exact) mass is 537 g/mol. The van der Waals surface area contributed by atoms with Crippen molar-refractivity contribution in [3.8, 4) is 0 Å². The van der Waals surface area contributed by atoms with Gasteiger partial charge in [0.05, 0.1) is 6.33 Å². The summed E-state index contributed by atoms with van der Waals surface area (Å²) < 4.78 is 2.42. The van der Waals surface area contributed by atoms with E-state index in [9.17, 15) is 0 Å².